The van der Waals surface area contributed by atoms with Crippen LogP contribution in [-0.2, 0) is 4.79 Å². The lowest BCUT2D eigenvalue weighted by Gasteiger charge is -2.17. The number of hydrogen-bond donors (Lipinski definition) is 2. The molecule has 2 amide bonds. The first-order valence-electron chi connectivity index (χ1n) is 5.50. The second-order valence-corrected chi connectivity index (χ2v) is 3.61. The van der Waals surface area contributed by atoms with Gasteiger partial charge in [0.1, 0.15) is 12.3 Å². The van der Waals surface area contributed by atoms with Gasteiger partial charge < -0.3 is 20.1 Å². The second-order valence-electron chi connectivity index (χ2n) is 3.61. The molecule has 0 heterocycles. The predicted octanol–water partition coefficient (Wildman–Crippen LogP) is 1.63. The molecule has 6 nitrogen and oxygen atoms in total. The zero-order valence-corrected chi connectivity index (χ0v) is 10.3. The van der Waals surface area contributed by atoms with Crippen LogP contribution in [0.5, 0.6) is 5.75 Å². The molecule has 0 fully saturated rings. The van der Waals surface area contributed by atoms with Crippen molar-refractivity contribution in [1.82, 2.24) is 4.90 Å². The molecule has 1 aromatic carbocycles. The number of carbonyl (C=O) groups is 2. The van der Waals surface area contributed by atoms with E-state index in [1.165, 1.54) is 7.05 Å². The molecule has 0 atom stereocenters. The van der Waals surface area contributed by atoms with Crippen LogP contribution in [0.25, 0.3) is 0 Å². The molecule has 0 aliphatic heterocycles. The molecule has 1 aromatic rings. The average molecular weight is 252 g/mol. The van der Waals surface area contributed by atoms with Gasteiger partial charge in [-0.2, -0.15) is 0 Å². The van der Waals surface area contributed by atoms with Crippen molar-refractivity contribution in [2.24, 2.45) is 0 Å². The highest BCUT2D eigenvalue weighted by Gasteiger charge is 2.13. The van der Waals surface area contributed by atoms with E-state index in [4.69, 9.17) is 9.84 Å². The van der Waals surface area contributed by atoms with E-state index in [1.807, 2.05) is 6.92 Å². The van der Waals surface area contributed by atoms with Crippen LogP contribution < -0.4 is 10.1 Å². The minimum Gasteiger partial charge on any atom is -0.492 e. The van der Waals surface area contributed by atoms with E-state index in [1.54, 1.807) is 24.3 Å². The van der Waals surface area contributed by atoms with E-state index >= 15 is 0 Å². The molecule has 0 saturated carbocycles. The summed E-state index contributed by atoms with van der Waals surface area (Å²) in [6, 6.07) is 6.48. The highest BCUT2D eigenvalue weighted by atomic mass is 16.5. The Bertz CT molecular complexity index is 434. The third kappa shape index (κ3) is 3.97. The first kappa shape index (κ1) is 13.8. The number of nitrogens with one attached hydrogen (secondary N) is 1. The minimum atomic E-state index is -1.06. The number of urea groups is 1. The molecule has 0 spiro atoms. The normalized spacial score (nSPS) is 9.67. The first-order valence-corrected chi connectivity index (χ1v) is 5.50. The summed E-state index contributed by atoms with van der Waals surface area (Å²) in [7, 11) is 1.41. The van der Waals surface area contributed by atoms with Crippen molar-refractivity contribution >= 4 is 17.7 Å². The van der Waals surface area contributed by atoms with E-state index in [9.17, 15) is 9.59 Å². The summed E-state index contributed by atoms with van der Waals surface area (Å²) in [4.78, 5) is 23.3. The van der Waals surface area contributed by atoms with Crippen LogP contribution >= 0.6 is 0 Å². The Balaban J connectivity index is 2.72. The van der Waals surface area contributed by atoms with Gasteiger partial charge in [-0.1, -0.05) is 12.1 Å². The van der Waals surface area contributed by atoms with E-state index in [0.717, 1.165) is 4.90 Å². The monoisotopic (exact) mass is 252 g/mol. The van der Waals surface area contributed by atoms with E-state index in [2.05, 4.69) is 5.32 Å². The van der Waals surface area contributed by atoms with E-state index < -0.39 is 12.0 Å². The van der Waals surface area contributed by atoms with Crippen LogP contribution in [0.15, 0.2) is 24.3 Å². The van der Waals surface area contributed by atoms with E-state index in [0.29, 0.717) is 18.0 Å². The van der Waals surface area contributed by atoms with Gasteiger partial charge in [-0.15, -0.1) is 0 Å². The van der Waals surface area contributed by atoms with Crippen LogP contribution in [0, 0.1) is 0 Å². The maximum absolute atomic E-state index is 11.7. The number of ether oxygens (including phenoxy) is 1. The number of carboxylic acids is 1. The number of para-hydroxylation sites is 2. The summed E-state index contributed by atoms with van der Waals surface area (Å²) in [5.41, 5.74) is 0.515. The number of hydrogen-bond acceptors (Lipinski definition) is 3. The van der Waals surface area contributed by atoms with Crippen LogP contribution in [0.3, 0.4) is 0 Å². The molecule has 18 heavy (non-hydrogen) atoms. The molecule has 0 saturated heterocycles. The zero-order valence-electron chi connectivity index (χ0n) is 10.3. The van der Waals surface area contributed by atoms with Gasteiger partial charge in [0, 0.05) is 7.05 Å². The number of anilines is 1. The maximum atomic E-state index is 11.7. The topological polar surface area (TPSA) is 78.9 Å². The highest BCUT2D eigenvalue weighted by molar-refractivity contribution is 5.92. The molecule has 0 unspecified atom stereocenters. The SMILES string of the molecule is CCOc1ccccc1NC(=O)N(C)CC(=O)O. The maximum Gasteiger partial charge on any atom is 0.323 e. The molecule has 0 aliphatic rings. The highest BCUT2D eigenvalue weighted by Crippen LogP contribution is 2.23. The van der Waals surface area contributed by atoms with Gasteiger partial charge in [0.2, 0.25) is 0 Å². The Morgan fingerprint density at radius 1 is 1.39 bits per heavy atom. The Hall–Kier alpha value is -2.24. The fraction of sp³-hybridized carbons (Fsp3) is 0.333. The Kier molecular flexibility index (Phi) is 4.98. The molecule has 0 radical (unpaired) electrons. The van der Waals surface area contributed by atoms with Crippen molar-refractivity contribution in [3.05, 3.63) is 24.3 Å². The van der Waals surface area contributed by atoms with Gasteiger partial charge >= 0.3 is 12.0 Å². The molecular formula is C12H16N2O4. The van der Waals surface area contributed by atoms with Crippen LogP contribution in [0.2, 0.25) is 0 Å². The lowest BCUT2D eigenvalue weighted by atomic mass is 10.3. The predicted molar refractivity (Wildman–Crippen MR) is 66.9 cm³/mol. The summed E-state index contributed by atoms with van der Waals surface area (Å²) in [5, 5.41) is 11.2. The van der Waals surface area contributed by atoms with Crippen molar-refractivity contribution in [2.75, 3.05) is 25.5 Å². The lowest BCUT2D eigenvalue weighted by molar-refractivity contribution is -0.137. The van der Waals surface area contributed by atoms with E-state index in [-0.39, 0.29) is 6.54 Å². The van der Waals surface area contributed by atoms with Crippen molar-refractivity contribution < 1.29 is 19.4 Å². The Morgan fingerprint density at radius 2 is 2.06 bits per heavy atom. The third-order valence-electron chi connectivity index (χ3n) is 2.15. The van der Waals surface area contributed by atoms with Crippen molar-refractivity contribution in [2.45, 2.75) is 6.92 Å². The summed E-state index contributed by atoms with van der Waals surface area (Å²) < 4.78 is 5.35. The molecule has 98 valence electrons. The Morgan fingerprint density at radius 3 is 2.67 bits per heavy atom. The lowest BCUT2D eigenvalue weighted by Crippen LogP contribution is -2.35. The third-order valence-corrected chi connectivity index (χ3v) is 2.15. The number of nitrogens with zero attached hydrogens (tertiary/aromatic N) is 1. The summed E-state index contributed by atoms with van der Waals surface area (Å²) in [6.45, 7) is 1.97. The van der Waals surface area contributed by atoms with Gasteiger partial charge in [0.05, 0.1) is 12.3 Å². The van der Waals surface area contributed by atoms with Gasteiger partial charge in [-0.3, -0.25) is 4.79 Å². The van der Waals surface area contributed by atoms with Gasteiger partial charge in [0.25, 0.3) is 0 Å². The minimum absolute atomic E-state index is 0.358. The number of rotatable bonds is 5. The smallest absolute Gasteiger partial charge is 0.323 e. The Labute approximate surface area is 105 Å². The fourth-order valence-corrected chi connectivity index (χ4v) is 1.34. The van der Waals surface area contributed by atoms with Gasteiger partial charge in [-0.05, 0) is 19.1 Å². The average Bonchev–Trinajstić information content (AvgIpc) is 2.31. The van der Waals surface area contributed by atoms with Gasteiger partial charge in [-0.25, -0.2) is 4.79 Å². The second kappa shape index (κ2) is 6.48. The van der Waals surface area contributed by atoms with Crippen LogP contribution in [0.4, 0.5) is 10.5 Å². The largest absolute Gasteiger partial charge is 0.492 e. The molecule has 0 aliphatic carbocycles. The molecule has 1 rings (SSSR count). The van der Waals surface area contributed by atoms with Crippen molar-refractivity contribution in [3.8, 4) is 5.75 Å². The number of amides is 2. The molecule has 6 heteroatoms. The fourth-order valence-electron chi connectivity index (χ4n) is 1.34. The number of benzene rings is 1. The van der Waals surface area contributed by atoms with Crippen LogP contribution in [-0.4, -0.2) is 42.2 Å². The summed E-state index contributed by atoms with van der Waals surface area (Å²) >= 11 is 0. The number of likely N-dealkylation sites (N-methyl/N-ethyl adjacent to an activating group) is 1. The standard InChI is InChI=1S/C12H16N2O4/c1-3-18-10-7-5-4-6-9(10)13-12(17)14(2)8-11(15)16/h4-7H,3,8H2,1-2H3,(H,13,17)(H,15,16). The van der Waals surface area contributed by atoms with Crippen LogP contribution in [0.1, 0.15) is 6.92 Å². The molecule has 0 bridgehead atoms. The quantitative estimate of drug-likeness (QED) is 0.834. The first-order chi connectivity index (χ1) is 8.54. The number of carboxylic acid groups (broad SMARTS) is 1. The van der Waals surface area contributed by atoms with Crippen molar-refractivity contribution in [3.63, 3.8) is 0 Å². The number of aliphatic carboxylic acids is 1. The van der Waals surface area contributed by atoms with Gasteiger partial charge in [0.15, 0.2) is 0 Å². The summed E-state index contributed by atoms with van der Waals surface area (Å²) in [5.74, 6) is -0.511. The molecular weight excluding hydrogens is 236 g/mol. The molecule has 0 aromatic heterocycles. The number of carbonyl (C=O) groups excluding carboxylic acids is 1. The zero-order chi connectivity index (χ0) is 13.5. The van der Waals surface area contributed by atoms with Crippen molar-refractivity contribution in [1.29, 1.82) is 0 Å². The summed E-state index contributed by atoms with van der Waals surface area (Å²) in [6.07, 6.45) is 0. The molecule has 2 N–H and O–H groups in total.